The van der Waals surface area contributed by atoms with Crippen LogP contribution in [-0.4, -0.2) is 25.5 Å². The van der Waals surface area contributed by atoms with Crippen molar-refractivity contribution >= 4 is 22.2 Å². The van der Waals surface area contributed by atoms with Crippen molar-refractivity contribution in [2.75, 3.05) is 25.0 Å². The number of hydrogen-bond acceptors (Lipinski definition) is 3. The summed E-state index contributed by atoms with van der Waals surface area (Å²) in [4.78, 5) is 13.6. The highest BCUT2D eigenvalue weighted by Crippen LogP contribution is 2.22. The van der Waals surface area contributed by atoms with E-state index in [0.29, 0.717) is 17.0 Å². The molecule has 0 bridgehead atoms. The first-order chi connectivity index (χ1) is 12.2. The number of carbonyl (C=O) groups excluding carboxylic acids is 1. The Morgan fingerprint density at radius 3 is 2.72 bits per heavy atom. The summed E-state index contributed by atoms with van der Waals surface area (Å²) in [7, 11) is 0. The molecule has 0 saturated carbocycles. The van der Waals surface area contributed by atoms with E-state index in [4.69, 9.17) is 5.26 Å². The zero-order valence-corrected chi connectivity index (χ0v) is 15.1. The molecule has 130 valence electrons. The Morgan fingerprint density at radius 2 is 2.00 bits per heavy atom. The number of nitriles is 1. The summed E-state index contributed by atoms with van der Waals surface area (Å²) in [5.41, 5.74) is 1.98. The van der Waals surface area contributed by atoms with Gasteiger partial charge in [0, 0.05) is 0 Å². The maximum Gasteiger partial charge on any atom is 0.230 e. The van der Waals surface area contributed by atoms with Crippen LogP contribution in [-0.2, 0) is 11.2 Å². The van der Waals surface area contributed by atoms with Crippen LogP contribution >= 0.6 is 11.3 Å². The van der Waals surface area contributed by atoms with Gasteiger partial charge in [0.1, 0.15) is 11.1 Å². The summed E-state index contributed by atoms with van der Waals surface area (Å²) in [6.07, 6.45) is 4.15. The minimum atomic E-state index is 0.0119. The first kappa shape index (κ1) is 17.7. The molecule has 1 fully saturated rings. The van der Waals surface area contributed by atoms with Crippen molar-refractivity contribution in [3.8, 4) is 6.07 Å². The summed E-state index contributed by atoms with van der Waals surface area (Å²) in [5.74, 6) is 0.780. The Kier molecular flexibility index (Phi) is 6.21. The number of anilines is 1. The molecule has 1 aromatic heterocycles. The van der Waals surface area contributed by atoms with Crippen molar-refractivity contribution in [2.24, 2.45) is 5.92 Å². The molecule has 1 amide bonds. The van der Waals surface area contributed by atoms with Gasteiger partial charge in [-0.1, -0.05) is 30.3 Å². The third kappa shape index (κ3) is 5.15. The van der Waals surface area contributed by atoms with E-state index in [1.54, 1.807) is 6.07 Å². The fraction of sp³-hybridized carbons (Fsp3) is 0.400. The van der Waals surface area contributed by atoms with Crippen molar-refractivity contribution in [1.82, 2.24) is 0 Å². The molecule has 1 aliphatic heterocycles. The van der Waals surface area contributed by atoms with Crippen LogP contribution < -0.4 is 10.2 Å². The smallest absolute Gasteiger partial charge is 0.230 e. The van der Waals surface area contributed by atoms with Crippen LogP contribution in [0.1, 0.15) is 30.4 Å². The first-order valence-electron chi connectivity index (χ1n) is 8.89. The van der Waals surface area contributed by atoms with E-state index >= 15 is 0 Å². The number of benzene rings is 1. The van der Waals surface area contributed by atoms with Crippen LogP contribution in [0.15, 0.2) is 41.8 Å². The quantitative estimate of drug-likeness (QED) is 0.837. The second-order valence-corrected chi connectivity index (χ2v) is 7.62. The van der Waals surface area contributed by atoms with Crippen LogP contribution in [0.2, 0.25) is 0 Å². The highest BCUT2D eigenvalue weighted by molar-refractivity contribution is 7.14. The van der Waals surface area contributed by atoms with E-state index in [-0.39, 0.29) is 5.91 Å². The molecule has 0 aliphatic carbocycles. The van der Waals surface area contributed by atoms with Crippen molar-refractivity contribution < 1.29 is 9.69 Å². The predicted octanol–water partition coefficient (Wildman–Crippen LogP) is 2.49. The second kappa shape index (κ2) is 8.80. The minimum absolute atomic E-state index is 0.0119. The van der Waals surface area contributed by atoms with E-state index in [0.717, 1.165) is 25.6 Å². The number of thiophene rings is 1. The van der Waals surface area contributed by atoms with Gasteiger partial charge in [0.25, 0.3) is 0 Å². The SMILES string of the molecule is N#Cc1ccsc1NC(=O)CC[NH+]1CCC(Cc2ccccc2)CC1. The molecule has 2 aromatic rings. The molecule has 1 aromatic carbocycles. The highest BCUT2D eigenvalue weighted by atomic mass is 32.1. The van der Waals surface area contributed by atoms with Crippen LogP contribution in [0.25, 0.3) is 0 Å². The molecule has 0 unspecified atom stereocenters. The Balaban J connectivity index is 1.38. The zero-order valence-electron chi connectivity index (χ0n) is 14.3. The molecule has 4 nitrogen and oxygen atoms in total. The van der Waals surface area contributed by atoms with Gasteiger partial charge in [-0.3, -0.25) is 4.79 Å². The van der Waals surface area contributed by atoms with Crippen molar-refractivity contribution in [3.63, 3.8) is 0 Å². The van der Waals surface area contributed by atoms with Gasteiger partial charge in [-0.25, -0.2) is 0 Å². The van der Waals surface area contributed by atoms with Gasteiger partial charge in [-0.15, -0.1) is 11.3 Å². The first-order valence-corrected chi connectivity index (χ1v) is 9.77. The Hall–Kier alpha value is -2.16. The Bertz CT molecular complexity index is 727. The van der Waals surface area contributed by atoms with Gasteiger partial charge in [-0.05, 0) is 42.2 Å². The fourth-order valence-corrected chi connectivity index (χ4v) is 4.21. The molecule has 0 spiro atoms. The third-order valence-corrected chi connectivity index (χ3v) is 5.75. The predicted molar refractivity (Wildman–Crippen MR) is 101 cm³/mol. The lowest BCUT2D eigenvalue weighted by Gasteiger charge is -2.29. The second-order valence-electron chi connectivity index (χ2n) is 6.71. The van der Waals surface area contributed by atoms with Crippen LogP contribution in [0.3, 0.4) is 0 Å². The molecule has 0 atom stereocenters. The van der Waals surface area contributed by atoms with Crippen LogP contribution in [0.5, 0.6) is 0 Å². The number of carbonyl (C=O) groups is 1. The van der Waals surface area contributed by atoms with Crippen molar-refractivity contribution in [2.45, 2.75) is 25.7 Å². The van der Waals surface area contributed by atoms with Gasteiger partial charge in [0.15, 0.2) is 0 Å². The number of piperidine rings is 1. The summed E-state index contributed by atoms with van der Waals surface area (Å²) in [6, 6.07) is 14.6. The third-order valence-electron chi connectivity index (χ3n) is 4.92. The fourth-order valence-electron chi connectivity index (χ4n) is 3.46. The number of likely N-dealkylation sites (tertiary alicyclic amines) is 1. The maximum atomic E-state index is 12.1. The largest absolute Gasteiger partial charge is 0.334 e. The lowest BCUT2D eigenvalue weighted by Crippen LogP contribution is -3.13. The van der Waals surface area contributed by atoms with E-state index in [2.05, 4.69) is 41.7 Å². The number of hydrogen-bond donors (Lipinski definition) is 2. The number of quaternary nitrogens is 1. The Morgan fingerprint density at radius 1 is 1.24 bits per heavy atom. The summed E-state index contributed by atoms with van der Waals surface area (Å²) in [5, 5.41) is 14.4. The van der Waals surface area contributed by atoms with Gasteiger partial charge in [0.05, 0.1) is 31.6 Å². The molecule has 1 saturated heterocycles. The van der Waals surface area contributed by atoms with Crippen LogP contribution in [0.4, 0.5) is 5.00 Å². The molecule has 2 heterocycles. The average Bonchev–Trinajstić information content (AvgIpc) is 3.09. The molecule has 5 heteroatoms. The highest BCUT2D eigenvalue weighted by Gasteiger charge is 2.22. The summed E-state index contributed by atoms with van der Waals surface area (Å²) in [6.45, 7) is 3.16. The van der Waals surface area contributed by atoms with Gasteiger partial charge in [0.2, 0.25) is 5.91 Å². The summed E-state index contributed by atoms with van der Waals surface area (Å²) < 4.78 is 0. The molecule has 3 rings (SSSR count). The standard InChI is InChI=1S/C20H23N3OS/c21-15-18-9-13-25-20(18)22-19(24)8-12-23-10-6-17(7-11-23)14-16-4-2-1-3-5-16/h1-5,9,13,17H,6-8,10-12,14H2,(H,22,24)/p+1. The number of rotatable bonds is 6. The maximum absolute atomic E-state index is 12.1. The molecule has 1 aliphatic rings. The molecule has 0 radical (unpaired) electrons. The monoisotopic (exact) mass is 354 g/mol. The zero-order chi connectivity index (χ0) is 17.5. The summed E-state index contributed by atoms with van der Waals surface area (Å²) >= 11 is 1.40. The molecular formula is C20H24N3OS+. The average molecular weight is 354 g/mol. The van der Waals surface area contributed by atoms with Crippen molar-refractivity contribution in [3.05, 3.63) is 52.9 Å². The van der Waals surface area contributed by atoms with E-state index < -0.39 is 0 Å². The van der Waals surface area contributed by atoms with E-state index in [1.165, 1.54) is 41.1 Å². The minimum Gasteiger partial charge on any atom is -0.334 e. The molecule has 2 N–H and O–H groups in total. The lowest BCUT2D eigenvalue weighted by molar-refractivity contribution is -0.905. The number of nitrogens with one attached hydrogen (secondary N) is 2. The van der Waals surface area contributed by atoms with Crippen LogP contribution in [0, 0.1) is 17.2 Å². The van der Waals surface area contributed by atoms with E-state index in [9.17, 15) is 4.79 Å². The number of amides is 1. The Labute approximate surface area is 153 Å². The van der Waals surface area contributed by atoms with Gasteiger partial charge in [-0.2, -0.15) is 5.26 Å². The normalized spacial score (nSPS) is 20.0. The molecular weight excluding hydrogens is 330 g/mol. The van der Waals surface area contributed by atoms with E-state index in [1.807, 2.05) is 5.38 Å². The van der Waals surface area contributed by atoms with Gasteiger partial charge < -0.3 is 10.2 Å². The lowest BCUT2D eigenvalue weighted by atomic mass is 9.90. The van der Waals surface area contributed by atoms with Crippen molar-refractivity contribution in [1.29, 1.82) is 5.26 Å². The topological polar surface area (TPSA) is 57.3 Å². The van der Waals surface area contributed by atoms with Gasteiger partial charge >= 0.3 is 0 Å². The molecule has 25 heavy (non-hydrogen) atoms. The number of nitrogens with zero attached hydrogens (tertiary/aromatic N) is 1.